The van der Waals surface area contributed by atoms with Crippen LogP contribution in [0, 0.1) is 0 Å². The summed E-state index contributed by atoms with van der Waals surface area (Å²) in [7, 11) is 0. The average molecular weight is 647 g/mol. The van der Waals surface area contributed by atoms with E-state index < -0.39 is 69.5 Å². The molecule has 3 aromatic carbocycles. The maximum atomic E-state index is 12.8. The second-order valence-electron chi connectivity index (χ2n) is 7.68. The molecule has 198 valence electrons. The van der Waals surface area contributed by atoms with Gasteiger partial charge in [-0.1, -0.05) is 12.1 Å². The van der Waals surface area contributed by atoms with Crippen LogP contribution in [-0.2, 0) is 0 Å². The molecule has 0 atom stereocenters. The zero-order chi connectivity index (χ0) is 29.0. The maximum absolute atomic E-state index is 12.8. The largest absolute Gasteiger partial charge is 1.00 e. The van der Waals surface area contributed by atoms with Gasteiger partial charge in [-0.05, 0) is 42.5 Å². The van der Waals surface area contributed by atoms with Crippen molar-refractivity contribution < 1.29 is 207 Å². The van der Waals surface area contributed by atoms with Crippen LogP contribution in [0.3, 0.4) is 0 Å². The number of carboxylic acid groups (broad SMARTS) is 5. The van der Waals surface area contributed by atoms with Gasteiger partial charge in [-0.15, -0.1) is 0 Å². The predicted octanol–water partition coefficient (Wildman–Crippen LogP) is -17.6. The third kappa shape index (κ3) is 12.3. The standard InChI is InChI=1S/C25H16N2O12.5Na/c28-19(26-13-1-3-15(22(32)33)17(8-13)24(36)37)10-5-11(7-12(6-10)21(30)31)20(29)27-14-2-4-16(23(34)35)18(9-14)25(38)39;;;;;/h1-9H,(H,26,28)(H,27,29)(H,30,31)(H,32,33)(H,34,35)(H,36,37)(H,38,39);;;;;/q;5*+1/p-4. The number of amides is 2. The summed E-state index contributed by atoms with van der Waals surface area (Å²) >= 11 is 0. The Morgan fingerprint density at radius 2 is 0.750 bits per heavy atom. The summed E-state index contributed by atoms with van der Waals surface area (Å²) in [6.07, 6.45) is 0. The van der Waals surface area contributed by atoms with Crippen LogP contribution in [0.15, 0.2) is 54.6 Å². The minimum absolute atomic E-state index is 0. The van der Waals surface area contributed by atoms with Gasteiger partial charge in [0, 0.05) is 44.8 Å². The predicted molar refractivity (Wildman–Crippen MR) is 120 cm³/mol. The third-order valence-corrected chi connectivity index (χ3v) is 5.14. The van der Waals surface area contributed by atoms with Crippen molar-refractivity contribution in [1.82, 2.24) is 0 Å². The SMILES string of the molecule is O=C(O)c1cc(C(=O)Nc2ccc(C(=O)[O-])c(C(=O)[O-])c2)cc(C(=O)Nc2ccc(C(=O)[O-])c(C(=O)[O-])c2)c1.[Na+].[Na+].[Na+].[Na+].[Na+]. The van der Waals surface area contributed by atoms with Gasteiger partial charge in [-0.2, -0.15) is 0 Å². The van der Waals surface area contributed by atoms with Gasteiger partial charge in [0.1, 0.15) is 0 Å². The molecular weight excluding hydrogens is 635 g/mol. The van der Waals surface area contributed by atoms with Crippen LogP contribution >= 0.6 is 0 Å². The molecule has 0 heterocycles. The van der Waals surface area contributed by atoms with E-state index in [-0.39, 0.29) is 170 Å². The molecule has 0 aromatic heterocycles. The van der Waals surface area contributed by atoms with Crippen LogP contribution in [0.2, 0.25) is 0 Å². The van der Waals surface area contributed by atoms with Gasteiger partial charge in [0.2, 0.25) is 0 Å². The number of carbonyl (C=O) groups is 7. The Kier molecular flexibility index (Phi) is 22.5. The molecule has 3 aromatic rings. The molecule has 14 nitrogen and oxygen atoms in total. The summed E-state index contributed by atoms with van der Waals surface area (Å²) in [5.41, 5.74) is -4.73. The van der Waals surface area contributed by atoms with E-state index in [1.54, 1.807) is 0 Å². The number of anilines is 2. The van der Waals surface area contributed by atoms with Crippen molar-refractivity contribution in [3.8, 4) is 0 Å². The minimum Gasteiger partial charge on any atom is -0.545 e. The van der Waals surface area contributed by atoms with Crippen molar-refractivity contribution in [3.05, 3.63) is 93.5 Å². The Labute approximate surface area is 358 Å². The van der Waals surface area contributed by atoms with Gasteiger partial charge in [0.15, 0.2) is 0 Å². The summed E-state index contributed by atoms with van der Waals surface area (Å²) in [6, 6.07) is 8.06. The Morgan fingerprint density at radius 3 is 1.02 bits per heavy atom. The molecule has 0 aliphatic rings. The third-order valence-electron chi connectivity index (χ3n) is 5.14. The van der Waals surface area contributed by atoms with Crippen LogP contribution in [0.5, 0.6) is 0 Å². The first-order valence-corrected chi connectivity index (χ1v) is 10.4. The first-order valence-electron chi connectivity index (χ1n) is 10.4. The fourth-order valence-corrected chi connectivity index (χ4v) is 3.36. The van der Waals surface area contributed by atoms with Crippen LogP contribution in [0.4, 0.5) is 11.4 Å². The molecule has 3 rings (SSSR count). The average Bonchev–Trinajstić information content (AvgIpc) is 2.87. The minimum atomic E-state index is -1.87. The van der Waals surface area contributed by atoms with Gasteiger partial charge < -0.3 is 55.3 Å². The molecular formula is C25H12N2Na5O12+. The van der Waals surface area contributed by atoms with E-state index in [1.165, 1.54) is 0 Å². The first kappa shape index (κ1) is 47.4. The molecule has 0 bridgehead atoms. The van der Waals surface area contributed by atoms with Gasteiger partial charge >= 0.3 is 154 Å². The molecule has 0 saturated heterocycles. The zero-order valence-electron chi connectivity index (χ0n) is 24.1. The summed E-state index contributed by atoms with van der Waals surface area (Å²) in [5, 5.41) is 58.5. The number of hydrogen-bond acceptors (Lipinski definition) is 11. The molecule has 44 heavy (non-hydrogen) atoms. The topological polar surface area (TPSA) is 256 Å². The van der Waals surface area contributed by atoms with E-state index in [9.17, 15) is 59.1 Å². The van der Waals surface area contributed by atoms with Gasteiger partial charge in [0.25, 0.3) is 11.8 Å². The second kappa shape index (κ2) is 20.9. The van der Waals surface area contributed by atoms with Crippen LogP contribution in [0.25, 0.3) is 0 Å². The molecule has 19 heteroatoms. The number of benzene rings is 3. The van der Waals surface area contributed by atoms with E-state index in [2.05, 4.69) is 10.6 Å². The molecule has 0 unspecified atom stereocenters. The Bertz CT molecular complexity index is 1510. The van der Waals surface area contributed by atoms with Crippen LogP contribution < -0.4 is 179 Å². The number of nitrogens with one attached hydrogen (secondary N) is 2. The Morgan fingerprint density at radius 1 is 0.455 bits per heavy atom. The van der Waals surface area contributed by atoms with Crippen LogP contribution in [0.1, 0.15) is 72.5 Å². The monoisotopic (exact) mass is 647 g/mol. The fraction of sp³-hybridized carbons (Fsp3) is 0. The van der Waals surface area contributed by atoms with E-state index in [0.29, 0.717) is 0 Å². The zero-order valence-corrected chi connectivity index (χ0v) is 34.1. The smallest absolute Gasteiger partial charge is 0.545 e. The van der Waals surface area contributed by atoms with Crippen molar-refractivity contribution >= 4 is 53.0 Å². The molecule has 0 saturated carbocycles. The summed E-state index contributed by atoms with van der Waals surface area (Å²) in [4.78, 5) is 81.8. The second-order valence-corrected chi connectivity index (χ2v) is 7.68. The molecule has 0 aliphatic carbocycles. The fourth-order valence-electron chi connectivity index (χ4n) is 3.36. The van der Waals surface area contributed by atoms with Crippen molar-refractivity contribution in [1.29, 1.82) is 0 Å². The summed E-state index contributed by atoms with van der Waals surface area (Å²) in [5.74, 6) is -10.9. The molecule has 0 spiro atoms. The number of aromatic carboxylic acids is 5. The Hall–Kier alpha value is -1.05. The van der Waals surface area contributed by atoms with Gasteiger partial charge in [-0.25, -0.2) is 4.79 Å². The molecule has 0 fully saturated rings. The van der Waals surface area contributed by atoms with Crippen molar-refractivity contribution in [2.75, 3.05) is 10.6 Å². The Balaban J connectivity index is -0.00000336. The van der Waals surface area contributed by atoms with Crippen molar-refractivity contribution in [3.63, 3.8) is 0 Å². The van der Waals surface area contributed by atoms with E-state index in [0.717, 1.165) is 54.6 Å². The molecule has 2 amide bonds. The van der Waals surface area contributed by atoms with E-state index in [4.69, 9.17) is 0 Å². The number of carboxylic acids is 5. The molecule has 0 radical (unpaired) electrons. The van der Waals surface area contributed by atoms with Crippen molar-refractivity contribution in [2.45, 2.75) is 0 Å². The number of hydrogen-bond donors (Lipinski definition) is 3. The number of rotatable bonds is 9. The maximum Gasteiger partial charge on any atom is 1.00 e. The summed E-state index contributed by atoms with van der Waals surface area (Å²) < 4.78 is 0. The normalized spacial score (nSPS) is 9.09. The quantitative estimate of drug-likeness (QED) is 0.183. The molecule has 0 aliphatic heterocycles. The first-order chi connectivity index (χ1) is 18.3. The van der Waals surface area contributed by atoms with Gasteiger partial charge in [-0.3, -0.25) is 9.59 Å². The van der Waals surface area contributed by atoms with E-state index in [1.807, 2.05) is 0 Å². The van der Waals surface area contributed by atoms with Crippen molar-refractivity contribution in [2.24, 2.45) is 0 Å². The van der Waals surface area contributed by atoms with E-state index >= 15 is 0 Å². The van der Waals surface area contributed by atoms with Gasteiger partial charge in [0.05, 0.1) is 29.4 Å². The van der Waals surface area contributed by atoms with Crippen LogP contribution in [-0.4, -0.2) is 46.8 Å². The number of carbonyl (C=O) groups excluding carboxylic acids is 6. The molecule has 3 N–H and O–H groups in total. The summed E-state index contributed by atoms with van der Waals surface area (Å²) in [6.45, 7) is 0.